The lowest BCUT2D eigenvalue weighted by molar-refractivity contribution is -0.115. The average molecular weight is 373 g/mol. The van der Waals surface area contributed by atoms with Crippen LogP contribution in [-0.4, -0.2) is 33.0 Å². The number of aromatic nitrogens is 3. The Morgan fingerprint density at radius 3 is 2.85 bits per heavy atom. The Kier molecular flexibility index (Phi) is 5.51. The Balaban J connectivity index is 2.15. The lowest BCUT2D eigenvalue weighted by Gasteiger charge is -2.28. The number of carbonyl (C=O) groups is 1. The number of primary amides is 1. The minimum Gasteiger partial charge on any atom is -0.493 e. The number of ether oxygens (including phenoxy) is 1. The smallest absolute Gasteiger partial charge is 0.248 e. The third kappa shape index (κ3) is 3.41. The summed E-state index contributed by atoms with van der Waals surface area (Å²) in [5, 5.41) is 8.40. The molecule has 8 heteroatoms. The Bertz CT molecular complexity index is 846. The van der Waals surface area contributed by atoms with Gasteiger partial charge >= 0.3 is 0 Å². The van der Waals surface area contributed by atoms with Gasteiger partial charge in [0.25, 0.3) is 0 Å². The molecule has 1 aliphatic rings. The first kappa shape index (κ1) is 18.3. The van der Waals surface area contributed by atoms with Crippen molar-refractivity contribution in [1.29, 1.82) is 0 Å². The van der Waals surface area contributed by atoms with E-state index in [1.54, 1.807) is 16.4 Å². The highest BCUT2D eigenvalue weighted by molar-refractivity contribution is 7.99. The summed E-state index contributed by atoms with van der Waals surface area (Å²) in [6, 6.07) is 7.20. The topological polar surface area (TPSA) is 95.1 Å². The number of anilines is 1. The Hall–Kier alpha value is -2.48. The van der Waals surface area contributed by atoms with Crippen LogP contribution in [0, 0.1) is 0 Å². The number of thioether (sulfide) groups is 1. The molecular formula is C18H23N5O2S. The first-order chi connectivity index (χ1) is 12.6. The van der Waals surface area contributed by atoms with E-state index in [1.807, 2.05) is 38.1 Å². The molecule has 0 spiro atoms. The van der Waals surface area contributed by atoms with E-state index in [9.17, 15) is 4.79 Å². The standard InChI is InChI=1S/C18H23N5O2S/c1-4-10-25-13-9-7-6-8-12(13)15-14(16(19)24)11(3)20-17-21-18(26-5-2)22-23(15)17/h6-9,15H,4-5,10H2,1-3H3,(H2,19,24)(H,20,21,22). The summed E-state index contributed by atoms with van der Waals surface area (Å²) in [6.07, 6.45) is 0.893. The first-order valence-corrected chi connectivity index (χ1v) is 9.64. The largest absolute Gasteiger partial charge is 0.493 e. The normalized spacial score (nSPS) is 16.2. The van der Waals surface area contributed by atoms with Crippen molar-refractivity contribution in [3.05, 3.63) is 41.1 Å². The van der Waals surface area contributed by atoms with Crippen molar-refractivity contribution in [3.8, 4) is 5.75 Å². The van der Waals surface area contributed by atoms with Crippen molar-refractivity contribution in [2.24, 2.45) is 5.73 Å². The van der Waals surface area contributed by atoms with Crippen LogP contribution in [0.15, 0.2) is 40.7 Å². The summed E-state index contributed by atoms with van der Waals surface area (Å²) < 4.78 is 7.63. The number of rotatable bonds is 7. The molecule has 1 aliphatic heterocycles. The van der Waals surface area contributed by atoms with Crippen LogP contribution in [0.4, 0.5) is 5.95 Å². The molecule has 2 heterocycles. The fourth-order valence-electron chi connectivity index (χ4n) is 2.98. The summed E-state index contributed by atoms with van der Waals surface area (Å²) in [4.78, 5) is 16.8. The lowest BCUT2D eigenvalue weighted by atomic mass is 9.94. The predicted molar refractivity (Wildman–Crippen MR) is 102 cm³/mol. The quantitative estimate of drug-likeness (QED) is 0.725. The van der Waals surface area contributed by atoms with Gasteiger partial charge in [-0.25, -0.2) is 4.68 Å². The van der Waals surface area contributed by atoms with E-state index in [0.717, 1.165) is 23.5 Å². The van der Waals surface area contributed by atoms with E-state index >= 15 is 0 Å². The molecule has 7 nitrogen and oxygen atoms in total. The molecule has 1 unspecified atom stereocenters. The van der Waals surface area contributed by atoms with Crippen molar-refractivity contribution in [3.63, 3.8) is 0 Å². The fourth-order valence-corrected chi connectivity index (χ4v) is 3.53. The molecule has 1 atom stereocenters. The van der Waals surface area contributed by atoms with Gasteiger partial charge in [-0.2, -0.15) is 4.98 Å². The van der Waals surface area contributed by atoms with E-state index in [2.05, 4.69) is 22.3 Å². The highest BCUT2D eigenvalue weighted by atomic mass is 32.2. The number of fused-ring (bicyclic) bond motifs is 1. The Morgan fingerprint density at radius 2 is 2.15 bits per heavy atom. The number of nitrogens with one attached hydrogen (secondary N) is 1. The second kappa shape index (κ2) is 7.82. The summed E-state index contributed by atoms with van der Waals surface area (Å²) in [6.45, 7) is 6.52. The maximum absolute atomic E-state index is 12.2. The highest BCUT2D eigenvalue weighted by Crippen LogP contribution is 2.39. The zero-order valence-corrected chi connectivity index (χ0v) is 16.0. The molecule has 0 saturated carbocycles. The van der Waals surface area contributed by atoms with E-state index in [4.69, 9.17) is 10.5 Å². The van der Waals surface area contributed by atoms with Crippen LogP contribution in [0.3, 0.4) is 0 Å². The van der Waals surface area contributed by atoms with Crippen molar-refractivity contribution >= 4 is 23.6 Å². The van der Waals surface area contributed by atoms with Crippen molar-refractivity contribution in [2.75, 3.05) is 17.7 Å². The minimum absolute atomic E-state index is 0.461. The van der Waals surface area contributed by atoms with Gasteiger partial charge in [-0.3, -0.25) is 4.79 Å². The zero-order chi connectivity index (χ0) is 18.7. The zero-order valence-electron chi connectivity index (χ0n) is 15.2. The van der Waals surface area contributed by atoms with Crippen LogP contribution in [-0.2, 0) is 4.79 Å². The third-order valence-electron chi connectivity index (χ3n) is 4.05. The average Bonchev–Trinajstić information content (AvgIpc) is 3.01. The van der Waals surface area contributed by atoms with Gasteiger partial charge in [0.2, 0.25) is 17.0 Å². The van der Waals surface area contributed by atoms with Crippen LogP contribution >= 0.6 is 11.8 Å². The SMILES string of the molecule is CCCOc1ccccc1C1C(C(N)=O)=C(C)Nc2nc(SCC)nn21. The van der Waals surface area contributed by atoms with Gasteiger partial charge < -0.3 is 15.8 Å². The van der Waals surface area contributed by atoms with E-state index < -0.39 is 11.9 Å². The predicted octanol–water partition coefficient (Wildman–Crippen LogP) is 2.95. The van der Waals surface area contributed by atoms with Gasteiger partial charge in [0.15, 0.2) is 0 Å². The first-order valence-electron chi connectivity index (χ1n) is 8.65. The van der Waals surface area contributed by atoms with Gasteiger partial charge in [-0.05, 0) is 25.2 Å². The second-order valence-corrected chi connectivity index (χ2v) is 7.14. The summed E-state index contributed by atoms with van der Waals surface area (Å²) in [5.74, 6) is 1.69. The number of carbonyl (C=O) groups excluding carboxylic acids is 1. The molecule has 1 aromatic heterocycles. The number of allylic oxidation sites excluding steroid dienone is 1. The van der Waals surface area contributed by atoms with E-state index in [-0.39, 0.29) is 0 Å². The van der Waals surface area contributed by atoms with E-state index in [1.165, 1.54) is 0 Å². The van der Waals surface area contributed by atoms with Crippen LogP contribution in [0.2, 0.25) is 0 Å². The number of amides is 1. The molecule has 1 amide bonds. The van der Waals surface area contributed by atoms with Gasteiger partial charge in [0.1, 0.15) is 11.8 Å². The lowest BCUT2D eigenvalue weighted by Crippen LogP contribution is -2.32. The van der Waals surface area contributed by atoms with Crippen LogP contribution in [0.1, 0.15) is 38.8 Å². The second-order valence-electron chi connectivity index (χ2n) is 5.91. The molecule has 0 saturated heterocycles. The molecule has 3 N–H and O–H groups in total. The van der Waals surface area contributed by atoms with Crippen LogP contribution in [0.5, 0.6) is 5.75 Å². The van der Waals surface area contributed by atoms with Gasteiger partial charge in [-0.1, -0.05) is 43.8 Å². The highest BCUT2D eigenvalue weighted by Gasteiger charge is 2.34. The molecular weight excluding hydrogens is 350 g/mol. The minimum atomic E-state index is -0.490. The van der Waals surface area contributed by atoms with Crippen molar-refractivity contribution in [1.82, 2.24) is 14.8 Å². The molecule has 26 heavy (non-hydrogen) atoms. The monoisotopic (exact) mass is 373 g/mol. The van der Waals surface area contributed by atoms with Crippen molar-refractivity contribution in [2.45, 2.75) is 38.4 Å². The van der Waals surface area contributed by atoms with E-state index in [0.29, 0.717) is 29.0 Å². The van der Waals surface area contributed by atoms with Gasteiger partial charge in [0.05, 0.1) is 12.2 Å². The Morgan fingerprint density at radius 1 is 1.38 bits per heavy atom. The number of nitrogens with two attached hydrogens (primary N) is 1. The molecule has 3 rings (SSSR count). The van der Waals surface area contributed by atoms with Crippen LogP contribution in [0.25, 0.3) is 0 Å². The fraction of sp³-hybridized carbons (Fsp3) is 0.389. The molecule has 0 bridgehead atoms. The number of para-hydroxylation sites is 1. The molecule has 0 fully saturated rings. The number of hydrogen-bond donors (Lipinski definition) is 2. The van der Waals surface area contributed by atoms with Crippen LogP contribution < -0.4 is 15.8 Å². The molecule has 138 valence electrons. The molecule has 2 aromatic rings. The number of benzene rings is 1. The van der Waals surface area contributed by atoms with Gasteiger partial charge in [0, 0.05) is 11.3 Å². The molecule has 0 aliphatic carbocycles. The maximum Gasteiger partial charge on any atom is 0.248 e. The Labute approximate surface area is 157 Å². The third-order valence-corrected chi connectivity index (χ3v) is 4.77. The number of nitrogens with zero attached hydrogens (tertiary/aromatic N) is 3. The summed E-state index contributed by atoms with van der Waals surface area (Å²) in [5.41, 5.74) is 7.70. The van der Waals surface area contributed by atoms with Gasteiger partial charge in [-0.15, -0.1) is 5.10 Å². The van der Waals surface area contributed by atoms with Crippen molar-refractivity contribution < 1.29 is 9.53 Å². The molecule has 0 radical (unpaired) electrons. The summed E-state index contributed by atoms with van der Waals surface area (Å²) >= 11 is 1.55. The summed E-state index contributed by atoms with van der Waals surface area (Å²) in [7, 11) is 0. The molecule has 1 aromatic carbocycles. The maximum atomic E-state index is 12.2. The number of hydrogen-bond acceptors (Lipinski definition) is 6.